The molecule has 1 unspecified atom stereocenters. The van der Waals surface area contributed by atoms with Gasteiger partial charge in [0, 0.05) is 0 Å². The third kappa shape index (κ3) is 5.26. The number of rotatable bonds is 4. The van der Waals surface area contributed by atoms with Crippen molar-refractivity contribution in [3.63, 3.8) is 0 Å². The van der Waals surface area contributed by atoms with Gasteiger partial charge in [-0.1, -0.05) is 35.7 Å². The molecule has 0 aliphatic heterocycles. The minimum absolute atomic E-state index is 0.176. The first-order chi connectivity index (χ1) is 5.09. The summed E-state index contributed by atoms with van der Waals surface area (Å²) in [5, 5.41) is 9.01. The highest BCUT2D eigenvalue weighted by Gasteiger charge is 2.10. The molecule has 0 aliphatic rings. The van der Waals surface area contributed by atoms with Crippen molar-refractivity contribution in [3.05, 3.63) is 9.15 Å². The van der Waals surface area contributed by atoms with Crippen molar-refractivity contribution >= 4 is 47.8 Å². The minimum atomic E-state index is 0.176. The molecule has 1 atom stereocenters. The molecule has 66 valence electrons. The quantitative estimate of drug-likeness (QED) is 0.586. The van der Waals surface area contributed by atoms with Crippen molar-refractivity contribution in [1.29, 1.82) is 0 Å². The maximum atomic E-state index is 9.01. The highest BCUT2D eigenvalue weighted by atomic mass is 79.9. The third-order valence-corrected chi connectivity index (χ3v) is 4.70. The average molecular weight is 351 g/mol. The minimum Gasteiger partial charge on any atom is -0.501 e. The highest BCUT2D eigenvalue weighted by Crippen LogP contribution is 2.27. The molecule has 0 bridgehead atoms. The van der Waals surface area contributed by atoms with Crippen LogP contribution in [0.2, 0.25) is 0 Å². The smallest absolute Gasteiger partial charge is 0.170 e. The third-order valence-electron chi connectivity index (χ3n) is 1.28. The van der Waals surface area contributed by atoms with E-state index in [1.807, 2.05) is 0 Å². The Labute approximate surface area is 92.6 Å². The highest BCUT2D eigenvalue weighted by molar-refractivity contribution is 9.15. The zero-order valence-electron chi connectivity index (χ0n) is 6.28. The zero-order chi connectivity index (χ0) is 8.85. The number of aliphatic hydroxyl groups excluding tert-OH is 1. The van der Waals surface area contributed by atoms with Gasteiger partial charge in [-0.15, -0.1) is 0 Å². The largest absolute Gasteiger partial charge is 0.501 e. The molecule has 0 spiro atoms. The number of alkyl halides is 1. The van der Waals surface area contributed by atoms with Gasteiger partial charge in [-0.05, 0) is 38.3 Å². The molecule has 0 fully saturated rings. The van der Waals surface area contributed by atoms with Crippen LogP contribution in [0.4, 0.5) is 0 Å². The topological polar surface area (TPSA) is 20.2 Å². The van der Waals surface area contributed by atoms with Gasteiger partial charge in [-0.25, -0.2) is 0 Å². The van der Waals surface area contributed by atoms with E-state index in [2.05, 4.69) is 54.7 Å². The second-order valence-electron chi connectivity index (χ2n) is 2.25. The number of hydrogen-bond donors (Lipinski definition) is 1. The van der Waals surface area contributed by atoms with Crippen LogP contribution in [0.15, 0.2) is 9.15 Å². The molecule has 0 amide bonds. The number of hydrogen-bond acceptors (Lipinski definition) is 1. The molecule has 0 aromatic heterocycles. The Hall–Kier alpha value is 0.980. The van der Waals surface area contributed by atoms with Crippen molar-refractivity contribution in [2.24, 2.45) is 0 Å². The lowest BCUT2D eigenvalue weighted by atomic mass is 10.2. The summed E-state index contributed by atoms with van der Waals surface area (Å²) in [6, 6.07) is 0. The Balaban J connectivity index is 3.83. The van der Waals surface area contributed by atoms with Crippen molar-refractivity contribution in [2.45, 2.75) is 31.0 Å². The molecule has 0 aliphatic carbocycles. The molecule has 0 radical (unpaired) electrons. The monoisotopic (exact) mass is 348 g/mol. The number of allylic oxidation sites excluding steroid dienone is 1. The predicted molar refractivity (Wildman–Crippen MR) is 59.7 cm³/mol. The maximum Gasteiger partial charge on any atom is 0.170 e. The molecule has 4 heteroatoms. The number of aliphatic hydroxyl groups is 1. The lowest BCUT2D eigenvalue weighted by molar-refractivity contribution is 0.456. The molecule has 0 aromatic carbocycles. The molecule has 0 saturated carbocycles. The van der Waals surface area contributed by atoms with Crippen LogP contribution in [0, 0.1) is 0 Å². The summed E-state index contributed by atoms with van der Waals surface area (Å²) >= 11 is 9.71. The van der Waals surface area contributed by atoms with E-state index in [1.54, 1.807) is 0 Å². The van der Waals surface area contributed by atoms with Gasteiger partial charge >= 0.3 is 0 Å². The Kier molecular flexibility index (Phi) is 7.07. The van der Waals surface area contributed by atoms with Crippen LogP contribution in [-0.2, 0) is 0 Å². The summed E-state index contributed by atoms with van der Waals surface area (Å²) in [6.45, 7) is 2.14. The molecule has 0 saturated heterocycles. The average Bonchev–Trinajstić information content (AvgIpc) is 1.98. The van der Waals surface area contributed by atoms with Crippen LogP contribution in [0.3, 0.4) is 0 Å². The predicted octanol–water partition coefficient (Wildman–Crippen LogP) is 4.46. The summed E-state index contributed by atoms with van der Waals surface area (Å²) < 4.78 is 0.960. The van der Waals surface area contributed by atoms with E-state index in [9.17, 15) is 0 Å². The van der Waals surface area contributed by atoms with E-state index in [0.717, 1.165) is 17.3 Å². The number of halogens is 3. The first kappa shape index (κ1) is 12.0. The Morgan fingerprint density at radius 3 is 2.36 bits per heavy atom. The van der Waals surface area contributed by atoms with Gasteiger partial charge < -0.3 is 5.11 Å². The van der Waals surface area contributed by atoms with Gasteiger partial charge in [0.2, 0.25) is 0 Å². The van der Waals surface area contributed by atoms with E-state index in [4.69, 9.17) is 5.11 Å². The fourth-order valence-corrected chi connectivity index (χ4v) is 1.99. The fraction of sp³-hybridized carbons (Fsp3) is 0.714. The first-order valence-electron chi connectivity index (χ1n) is 3.47. The standard InChI is InChI=1S/C7H11Br3O/c1-2-3-4-5(8)6(9)7(10)11/h5,11H,2-4H2,1H3. The van der Waals surface area contributed by atoms with Crippen LogP contribution >= 0.6 is 47.8 Å². The van der Waals surface area contributed by atoms with Crippen molar-refractivity contribution in [1.82, 2.24) is 0 Å². The van der Waals surface area contributed by atoms with Gasteiger partial charge in [0.15, 0.2) is 4.67 Å². The second-order valence-corrected chi connectivity index (χ2v) is 4.96. The summed E-state index contributed by atoms with van der Waals surface area (Å²) in [6.07, 6.45) is 3.36. The molecule has 1 nitrogen and oxygen atoms in total. The van der Waals surface area contributed by atoms with Crippen LogP contribution < -0.4 is 0 Å². The van der Waals surface area contributed by atoms with Gasteiger partial charge in [-0.2, -0.15) is 0 Å². The molecule has 0 rings (SSSR count). The van der Waals surface area contributed by atoms with Crippen LogP contribution in [0.5, 0.6) is 0 Å². The van der Waals surface area contributed by atoms with Gasteiger partial charge in [-0.3, -0.25) is 0 Å². The molecule has 0 heterocycles. The maximum absolute atomic E-state index is 9.01. The van der Waals surface area contributed by atoms with E-state index >= 15 is 0 Å². The fourth-order valence-electron chi connectivity index (χ4n) is 0.639. The van der Waals surface area contributed by atoms with Crippen molar-refractivity contribution in [2.75, 3.05) is 0 Å². The lowest BCUT2D eigenvalue weighted by Gasteiger charge is -2.07. The Morgan fingerprint density at radius 1 is 1.45 bits per heavy atom. The summed E-state index contributed by atoms with van der Waals surface area (Å²) in [5.74, 6) is 0. The molecule has 0 aromatic rings. The van der Waals surface area contributed by atoms with E-state index in [0.29, 0.717) is 0 Å². The van der Waals surface area contributed by atoms with Crippen LogP contribution in [0.1, 0.15) is 26.2 Å². The lowest BCUT2D eigenvalue weighted by Crippen LogP contribution is -1.98. The van der Waals surface area contributed by atoms with Crippen molar-refractivity contribution in [3.8, 4) is 0 Å². The second kappa shape index (κ2) is 6.49. The summed E-state index contributed by atoms with van der Waals surface area (Å²) in [4.78, 5) is 0.224. The summed E-state index contributed by atoms with van der Waals surface area (Å²) in [7, 11) is 0. The molecule has 1 N–H and O–H groups in total. The van der Waals surface area contributed by atoms with E-state index in [-0.39, 0.29) is 9.50 Å². The normalized spacial score (nSPS) is 16.0. The van der Waals surface area contributed by atoms with Gasteiger partial charge in [0.05, 0.1) is 9.31 Å². The number of unbranched alkanes of at least 4 members (excludes halogenated alkanes) is 1. The summed E-state index contributed by atoms with van der Waals surface area (Å²) in [5.41, 5.74) is 0. The zero-order valence-corrected chi connectivity index (χ0v) is 11.0. The van der Waals surface area contributed by atoms with Crippen molar-refractivity contribution < 1.29 is 5.11 Å². The molecular formula is C7H11Br3O. The van der Waals surface area contributed by atoms with Gasteiger partial charge in [0.25, 0.3) is 0 Å². The van der Waals surface area contributed by atoms with E-state index in [1.165, 1.54) is 6.42 Å². The SMILES string of the molecule is CCCCC(Br)C(Br)=C(O)Br. The van der Waals surface area contributed by atoms with Crippen LogP contribution in [0.25, 0.3) is 0 Å². The first-order valence-corrected chi connectivity index (χ1v) is 5.98. The Morgan fingerprint density at radius 2 is 2.00 bits per heavy atom. The molecule has 11 heavy (non-hydrogen) atoms. The van der Waals surface area contributed by atoms with E-state index < -0.39 is 0 Å². The van der Waals surface area contributed by atoms with Crippen LogP contribution in [-0.4, -0.2) is 9.93 Å². The Bertz CT molecular complexity index is 141. The molecular weight excluding hydrogens is 340 g/mol. The van der Waals surface area contributed by atoms with Gasteiger partial charge in [0.1, 0.15) is 0 Å².